The van der Waals surface area contributed by atoms with Crippen LogP contribution in [-0.2, 0) is 6.54 Å². The third-order valence-corrected chi connectivity index (χ3v) is 2.77. The largest absolute Gasteiger partial charge is 0.378 e. The summed E-state index contributed by atoms with van der Waals surface area (Å²) in [6, 6.07) is 7.21. The van der Waals surface area contributed by atoms with Crippen LogP contribution in [0.4, 0.5) is 5.69 Å². The zero-order valence-corrected chi connectivity index (χ0v) is 10.8. The summed E-state index contributed by atoms with van der Waals surface area (Å²) in [5.41, 5.74) is 1.76. The molecule has 0 radical (unpaired) electrons. The first-order valence-corrected chi connectivity index (χ1v) is 5.88. The molecule has 0 spiro atoms. The highest BCUT2D eigenvalue weighted by molar-refractivity contribution is 6.36. The molecule has 0 unspecified atom stereocenters. The predicted octanol–water partition coefficient (Wildman–Crippen LogP) is 3.70. The number of rotatable bonds is 3. The lowest BCUT2D eigenvalue weighted by Crippen LogP contribution is -2.03. The number of aryl methyl sites for hydroxylation is 1. The van der Waals surface area contributed by atoms with Gasteiger partial charge in [-0.1, -0.05) is 23.2 Å². The second kappa shape index (κ2) is 5.34. The van der Waals surface area contributed by atoms with Crippen molar-refractivity contribution in [3.05, 3.63) is 52.0 Å². The Labute approximate surface area is 110 Å². The first-order chi connectivity index (χ1) is 8.15. The van der Waals surface area contributed by atoms with Gasteiger partial charge >= 0.3 is 0 Å². The zero-order valence-electron chi connectivity index (χ0n) is 9.24. The quantitative estimate of drug-likeness (QED) is 0.922. The normalized spacial score (nSPS) is 10.3. The van der Waals surface area contributed by atoms with E-state index in [9.17, 15) is 0 Å². The van der Waals surface area contributed by atoms with Crippen molar-refractivity contribution in [1.82, 2.24) is 9.97 Å². The summed E-state index contributed by atoms with van der Waals surface area (Å²) >= 11 is 11.9. The zero-order chi connectivity index (χ0) is 12.3. The van der Waals surface area contributed by atoms with Crippen LogP contribution < -0.4 is 5.32 Å². The van der Waals surface area contributed by atoms with E-state index >= 15 is 0 Å². The minimum atomic E-state index is 0.600. The van der Waals surface area contributed by atoms with Crippen LogP contribution in [0, 0.1) is 6.92 Å². The Bertz CT molecular complexity index is 529. The molecule has 0 saturated carbocycles. The van der Waals surface area contributed by atoms with Gasteiger partial charge in [0.15, 0.2) is 0 Å². The average Bonchev–Trinajstić information content (AvgIpc) is 2.28. The second-order valence-electron chi connectivity index (χ2n) is 3.57. The molecule has 0 aliphatic rings. The van der Waals surface area contributed by atoms with Gasteiger partial charge in [-0.25, -0.2) is 9.97 Å². The lowest BCUT2D eigenvalue weighted by molar-refractivity contribution is 0.955. The van der Waals surface area contributed by atoms with E-state index in [2.05, 4.69) is 15.3 Å². The summed E-state index contributed by atoms with van der Waals surface area (Å²) in [6.07, 6.45) is 1.74. The summed E-state index contributed by atoms with van der Waals surface area (Å²) in [4.78, 5) is 8.33. The lowest BCUT2D eigenvalue weighted by Gasteiger charge is -2.08. The highest BCUT2D eigenvalue weighted by atomic mass is 35.5. The molecular weight excluding hydrogens is 257 g/mol. The van der Waals surface area contributed by atoms with E-state index in [1.54, 1.807) is 18.3 Å². The number of anilines is 1. The van der Waals surface area contributed by atoms with Gasteiger partial charge < -0.3 is 5.32 Å². The molecule has 0 fully saturated rings. The van der Waals surface area contributed by atoms with Gasteiger partial charge in [-0.05, 0) is 31.2 Å². The van der Waals surface area contributed by atoms with Gasteiger partial charge in [0.25, 0.3) is 0 Å². The highest BCUT2D eigenvalue weighted by Gasteiger charge is 2.01. The third kappa shape index (κ3) is 3.32. The van der Waals surface area contributed by atoms with Crippen molar-refractivity contribution >= 4 is 28.9 Å². The van der Waals surface area contributed by atoms with E-state index in [0.29, 0.717) is 16.6 Å². The van der Waals surface area contributed by atoms with Gasteiger partial charge in [0.2, 0.25) is 0 Å². The second-order valence-corrected chi connectivity index (χ2v) is 4.42. The number of hydrogen-bond donors (Lipinski definition) is 1. The predicted molar refractivity (Wildman–Crippen MR) is 70.6 cm³/mol. The smallest absolute Gasteiger partial charge is 0.125 e. The van der Waals surface area contributed by atoms with E-state index in [4.69, 9.17) is 23.2 Å². The van der Waals surface area contributed by atoms with Crippen molar-refractivity contribution in [3.63, 3.8) is 0 Å². The monoisotopic (exact) mass is 267 g/mol. The third-order valence-electron chi connectivity index (χ3n) is 2.22. The van der Waals surface area contributed by atoms with E-state index in [0.717, 1.165) is 17.2 Å². The van der Waals surface area contributed by atoms with Gasteiger partial charge in [0.1, 0.15) is 5.82 Å². The van der Waals surface area contributed by atoms with E-state index < -0.39 is 0 Å². The number of halogens is 2. The first kappa shape index (κ1) is 12.1. The standard InChI is InChI=1S/C12H11Cl2N3/c1-8-15-5-4-10(17-8)7-16-12-3-2-9(13)6-11(12)14/h2-6,16H,7H2,1H3. The van der Waals surface area contributed by atoms with Crippen LogP contribution in [-0.4, -0.2) is 9.97 Å². The molecule has 17 heavy (non-hydrogen) atoms. The lowest BCUT2D eigenvalue weighted by atomic mass is 10.3. The molecule has 2 aromatic rings. The maximum atomic E-state index is 6.05. The number of hydrogen-bond acceptors (Lipinski definition) is 3. The van der Waals surface area contributed by atoms with Gasteiger partial charge in [-0.3, -0.25) is 0 Å². The van der Waals surface area contributed by atoms with Crippen molar-refractivity contribution in [3.8, 4) is 0 Å². The fourth-order valence-corrected chi connectivity index (χ4v) is 1.90. The number of aromatic nitrogens is 2. The fourth-order valence-electron chi connectivity index (χ4n) is 1.42. The van der Waals surface area contributed by atoms with Crippen molar-refractivity contribution in [2.75, 3.05) is 5.32 Å². The molecule has 0 aliphatic carbocycles. The fraction of sp³-hybridized carbons (Fsp3) is 0.167. The summed E-state index contributed by atoms with van der Waals surface area (Å²) in [5, 5.41) is 4.43. The van der Waals surface area contributed by atoms with Gasteiger partial charge in [0.05, 0.1) is 22.9 Å². The Morgan fingerprint density at radius 3 is 2.76 bits per heavy atom. The van der Waals surface area contributed by atoms with E-state index in [-0.39, 0.29) is 0 Å². The summed E-state index contributed by atoms with van der Waals surface area (Å²) in [6.45, 7) is 2.46. The van der Waals surface area contributed by atoms with Crippen LogP contribution in [0.5, 0.6) is 0 Å². The molecule has 0 atom stereocenters. The van der Waals surface area contributed by atoms with Gasteiger partial charge in [-0.15, -0.1) is 0 Å². The summed E-state index contributed by atoms with van der Waals surface area (Å²) in [7, 11) is 0. The summed E-state index contributed by atoms with van der Waals surface area (Å²) in [5.74, 6) is 0.756. The molecule has 1 aromatic heterocycles. The molecule has 1 heterocycles. The first-order valence-electron chi connectivity index (χ1n) is 5.12. The molecule has 88 valence electrons. The highest BCUT2D eigenvalue weighted by Crippen LogP contribution is 2.25. The Balaban J connectivity index is 2.07. The number of nitrogens with one attached hydrogen (secondary N) is 1. The minimum absolute atomic E-state index is 0.600. The molecular formula is C12H11Cl2N3. The molecule has 1 aromatic carbocycles. The van der Waals surface area contributed by atoms with Crippen molar-refractivity contribution in [2.24, 2.45) is 0 Å². The molecule has 0 aliphatic heterocycles. The van der Waals surface area contributed by atoms with Crippen LogP contribution in [0.3, 0.4) is 0 Å². The van der Waals surface area contributed by atoms with Gasteiger partial charge in [0, 0.05) is 11.2 Å². The van der Waals surface area contributed by atoms with Crippen molar-refractivity contribution < 1.29 is 0 Å². The Morgan fingerprint density at radius 1 is 1.24 bits per heavy atom. The Hall–Kier alpha value is -1.32. The molecule has 3 nitrogen and oxygen atoms in total. The van der Waals surface area contributed by atoms with E-state index in [1.165, 1.54) is 0 Å². The molecule has 2 rings (SSSR count). The van der Waals surface area contributed by atoms with Crippen molar-refractivity contribution in [2.45, 2.75) is 13.5 Å². The van der Waals surface area contributed by atoms with Crippen LogP contribution in [0.15, 0.2) is 30.5 Å². The topological polar surface area (TPSA) is 37.8 Å². The summed E-state index contributed by atoms with van der Waals surface area (Å²) < 4.78 is 0. The molecule has 1 N–H and O–H groups in total. The van der Waals surface area contributed by atoms with Gasteiger partial charge in [-0.2, -0.15) is 0 Å². The maximum Gasteiger partial charge on any atom is 0.125 e. The number of nitrogens with zero attached hydrogens (tertiary/aromatic N) is 2. The van der Waals surface area contributed by atoms with Crippen LogP contribution in [0.2, 0.25) is 10.0 Å². The number of benzene rings is 1. The van der Waals surface area contributed by atoms with E-state index in [1.807, 2.05) is 19.1 Å². The SMILES string of the molecule is Cc1nccc(CNc2ccc(Cl)cc2Cl)n1. The maximum absolute atomic E-state index is 6.05. The minimum Gasteiger partial charge on any atom is -0.378 e. The molecule has 5 heteroatoms. The van der Waals surface area contributed by atoms with Crippen LogP contribution >= 0.6 is 23.2 Å². The van der Waals surface area contributed by atoms with Crippen molar-refractivity contribution in [1.29, 1.82) is 0 Å². The average molecular weight is 268 g/mol. The van der Waals surface area contributed by atoms with Crippen LogP contribution in [0.25, 0.3) is 0 Å². The molecule has 0 bridgehead atoms. The Morgan fingerprint density at radius 2 is 2.06 bits per heavy atom. The molecule has 0 amide bonds. The molecule has 0 saturated heterocycles. The van der Waals surface area contributed by atoms with Crippen LogP contribution in [0.1, 0.15) is 11.5 Å². The Kier molecular flexibility index (Phi) is 3.82.